The second-order valence-corrected chi connectivity index (χ2v) is 8.83. The summed E-state index contributed by atoms with van der Waals surface area (Å²) in [6.45, 7) is 7.87. The van der Waals surface area contributed by atoms with Crippen molar-refractivity contribution in [2.24, 2.45) is 0 Å². The lowest BCUT2D eigenvalue weighted by atomic mass is 10.1. The van der Waals surface area contributed by atoms with Crippen LogP contribution in [0, 0.1) is 11.3 Å². The Morgan fingerprint density at radius 3 is 2.42 bits per heavy atom. The van der Waals surface area contributed by atoms with Crippen LogP contribution < -0.4 is 10.1 Å². The van der Waals surface area contributed by atoms with Gasteiger partial charge in [0, 0.05) is 37.9 Å². The molecule has 1 aliphatic rings. The van der Waals surface area contributed by atoms with E-state index in [0.717, 1.165) is 11.3 Å². The van der Waals surface area contributed by atoms with Gasteiger partial charge in [-0.15, -0.1) is 0 Å². The Hall–Kier alpha value is -3.73. The minimum absolute atomic E-state index is 0.0292. The van der Waals surface area contributed by atoms with Crippen LogP contribution in [0.5, 0.6) is 5.75 Å². The normalized spacial score (nSPS) is 13.8. The summed E-state index contributed by atoms with van der Waals surface area (Å²) in [5.41, 5.74) is 1.75. The molecule has 33 heavy (non-hydrogen) atoms. The van der Waals surface area contributed by atoms with Crippen LogP contribution in [-0.4, -0.2) is 60.1 Å². The zero-order chi connectivity index (χ0) is 23.8. The number of hydrogen-bond donors (Lipinski definition) is 1. The fraction of sp³-hybridized carbons (Fsp3) is 0.400. The SMILES string of the molecule is CC(C)(C)OC(=O)N1CCN(C(=O)CNc2cccc(OCc3cccc(C#N)c3)c2)CC1. The molecule has 2 aromatic carbocycles. The van der Waals surface area contributed by atoms with Crippen LogP contribution in [0.15, 0.2) is 48.5 Å². The second-order valence-electron chi connectivity index (χ2n) is 8.83. The van der Waals surface area contributed by atoms with Crippen molar-refractivity contribution < 1.29 is 19.1 Å². The van der Waals surface area contributed by atoms with E-state index in [9.17, 15) is 9.59 Å². The number of carbonyl (C=O) groups excluding carboxylic acids is 2. The molecule has 174 valence electrons. The van der Waals surface area contributed by atoms with Crippen LogP contribution in [0.1, 0.15) is 31.9 Å². The summed E-state index contributed by atoms with van der Waals surface area (Å²) in [5, 5.41) is 12.2. The van der Waals surface area contributed by atoms with Crippen molar-refractivity contribution in [1.29, 1.82) is 5.26 Å². The molecule has 8 heteroatoms. The first-order chi connectivity index (χ1) is 15.7. The highest BCUT2D eigenvalue weighted by molar-refractivity contribution is 5.81. The zero-order valence-corrected chi connectivity index (χ0v) is 19.3. The van der Waals surface area contributed by atoms with Gasteiger partial charge in [-0.2, -0.15) is 5.26 Å². The van der Waals surface area contributed by atoms with Crippen molar-refractivity contribution in [3.05, 3.63) is 59.7 Å². The van der Waals surface area contributed by atoms with Gasteiger partial charge in [0.2, 0.25) is 5.91 Å². The average Bonchev–Trinajstić information content (AvgIpc) is 2.80. The number of hydrogen-bond acceptors (Lipinski definition) is 6. The van der Waals surface area contributed by atoms with Crippen LogP contribution in [0.2, 0.25) is 0 Å². The van der Waals surface area contributed by atoms with E-state index in [0.29, 0.717) is 44.1 Å². The fourth-order valence-electron chi connectivity index (χ4n) is 3.35. The number of benzene rings is 2. The lowest BCUT2D eigenvalue weighted by molar-refractivity contribution is -0.131. The van der Waals surface area contributed by atoms with E-state index < -0.39 is 5.60 Å². The van der Waals surface area contributed by atoms with Gasteiger partial charge in [0.15, 0.2) is 0 Å². The molecule has 2 aromatic rings. The van der Waals surface area contributed by atoms with Crippen molar-refractivity contribution in [3.8, 4) is 11.8 Å². The van der Waals surface area contributed by atoms with Crippen molar-refractivity contribution >= 4 is 17.7 Å². The van der Waals surface area contributed by atoms with Gasteiger partial charge in [-0.25, -0.2) is 4.79 Å². The lowest BCUT2D eigenvalue weighted by Crippen LogP contribution is -2.52. The molecule has 2 amide bonds. The third-order valence-electron chi connectivity index (χ3n) is 5.02. The van der Waals surface area contributed by atoms with Gasteiger partial charge in [0.1, 0.15) is 18.0 Å². The molecule has 0 bridgehead atoms. The highest BCUT2D eigenvalue weighted by atomic mass is 16.6. The predicted molar refractivity (Wildman–Crippen MR) is 125 cm³/mol. The molecule has 8 nitrogen and oxygen atoms in total. The summed E-state index contributed by atoms with van der Waals surface area (Å²) in [7, 11) is 0. The number of anilines is 1. The average molecular weight is 451 g/mol. The largest absolute Gasteiger partial charge is 0.489 e. The quantitative estimate of drug-likeness (QED) is 0.722. The number of carbonyl (C=O) groups is 2. The highest BCUT2D eigenvalue weighted by Crippen LogP contribution is 2.19. The first-order valence-corrected chi connectivity index (χ1v) is 10.9. The molecule has 0 aliphatic carbocycles. The Labute approximate surface area is 194 Å². The first-order valence-electron chi connectivity index (χ1n) is 10.9. The molecule has 1 heterocycles. The fourth-order valence-corrected chi connectivity index (χ4v) is 3.35. The minimum atomic E-state index is -0.535. The third kappa shape index (κ3) is 7.42. The maximum Gasteiger partial charge on any atom is 0.410 e. The zero-order valence-electron chi connectivity index (χ0n) is 19.3. The molecular formula is C25H30N4O4. The molecule has 0 radical (unpaired) electrons. The van der Waals surface area contributed by atoms with Crippen LogP contribution in [0.3, 0.4) is 0 Å². The number of rotatable bonds is 6. The molecule has 0 unspecified atom stereocenters. The monoisotopic (exact) mass is 450 g/mol. The first kappa shape index (κ1) is 23.9. The predicted octanol–water partition coefficient (Wildman–Crippen LogP) is 3.63. The Bertz CT molecular complexity index is 1020. The summed E-state index contributed by atoms with van der Waals surface area (Å²) < 4.78 is 11.2. The summed E-state index contributed by atoms with van der Waals surface area (Å²) >= 11 is 0. The van der Waals surface area contributed by atoms with Gasteiger partial charge in [0.25, 0.3) is 0 Å². The van der Waals surface area contributed by atoms with E-state index in [1.807, 2.05) is 57.2 Å². The molecule has 1 fully saturated rings. The summed E-state index contributed by atoms with van der Waals surface area (Å²) in [6.07, 6.45) is -0.344. The molecule has 3 rings (SSSR count). The van der Waals surface area contributed by atoms with Crippen LogP contribution in [0.25, 0.3) is 0 Å². The van der Waals surface area contributed by atoms with E-state index in [1.165, 1.54) is 0 Å². The Kier molecular flexibility index (Phi) is 7.78. The maximum atomic E-state index is 12.6. The van der Waals surface area contributed by atoms with Crippen molar-refractivity contribution in [2.45, 2.75) is 33.0 Å². The number of nitrogens with one attached hydrogen (secondary N) is 1. The van der Waals surface area contributed by atoms with Gasteiger partial charge in [-0.1, -0.05) is 18.2 Å². The van der Waals surface area contributed by atoms with Crippen LogP contribution >= 0.6 is 0 Å². The number of nitrogens with zero attached hydrogens (tertiary/aromatic N) is 3. The molecule has 1 aliphatic heterocycles. The van der Waals surface area contributed by atoms with Crippen molar-refractivity contribution in [2.75, 3.05) is 38.0 Å². The molecule has 0 atom stereocenters. The maximum absolute atomic E-state index is 12.6. The van der Waals surface area contributed by atoms with E-state index in [4.69, 9.17) is 14.7 Å². The minimum Gasteiger partial charge on any atom is -0.489 e. The van der Waals surface area contributed by atoms with Crippen molar-refractivity contribution in [1.82, 2.24) is 9.80 Å². The number of piperazine rings is 1. The number of amides is 2. The van der Waals surface area contributed by atoms with Gasteiger partial charge in [0.05, 0.1) is 18.2 Å². The summed E-state index contributed by atoms with van der Waals surface area (Å²) in [6, 6.07) is 16.8. The van der Waals surface area contributed by atoms with Crippen LogP contribution in [-0.2, 0) is 16.1 Å². The Balaban J connectivity index is 1.45. The van der Waals surface area contributed by atoms with E-state index >= 15 is 0 Å². The summed E-state index contributed by atoms with van der Waals surface area (Å²) in [4.78, 5) is 28.2. The molecule has 0 aromatic heterocycles. The smallest absolute Gasteiger partial charge is 0.410 e. The molecule has 1 N–H and O–H groups in total. The van der Waals surface area contributed by atoms with E-state index in [1.54, 1.807) is 21.9 Å². The summed E-state index contributed by atoms with van der Waals surface area (Å²) in [5.74, 6) is 0.638. The molecule has 1 saturated heterocycles. The van der Waals surface area contributed by atoms with E-state index in [2.05, 4.69) is 11.4 Å². The van der Waals surface area contributed by atoms with Gasteiger partial charge in [-0.05, 0) is 50.6 Å². The van der Waals surface area contributed by atoms with Gasteiger partial charge < -0.3 is 24.6 Å². The standard InChI is InChI=1S/C25H30N4O4/c1-25(2,3)33-24(31)29-12-10-28(11-13-29)23(30)17-27-21-8-5-9-22(15-21)32-18-20-7-4-6-19(14-20)16-26/h4-9,14-15,27H,10-13,17-18H2,1-3H3. The molecule has 0 saturated carbocycles. The Morgan fingerprint density at radius 2 is 1.73 bits per heavy atom. The van der Waals surface area contributed by atoms with Crippen molar-refractivity contribution in [3.63, 3.8) is 0 Å². The van der Waals surface area contributed by atoms with Gasteiger partial charge >= 0.3 is 6.09 Å². The van der Waals surface area contributed by atoms with Crippen LogP contribution in [0.4, 0.5) is 10.5 Å². The topological polar surface area (TPSA) is 94.9 Å². The molecular weight excluding hydrogens is 420 g/mol. The van der Waals surface area contributed by atoms with Gasteiger partial charge in [-0.3, -0.25) is 4.79 Å². The Morgan fingerprint density at radius 1 is 1.03 bits per heavy atom. The number of nitriles is 1. The second kappa shape index (κ2) is 10.7. The highest BCUT2D eigenvalue weighted by Gasteiger charge is 2.27. The van der Waals surface area contributed by atoms with E-state index in [-0.39, 0.29) is 18.5 Å². The molecule has 0 spiro atoms. The third-order valence-corrected chi connectivity index (χ3v) is 5.02. The lowest BCUT2D eigenvalue weighted by Gasteiger charge is -2.35. The number of ether oxygens (including phenoxy) is 2.